The van der Waals surface area contributed by atoms with E-state index in [0.29, 0.717) is 18.4 Å². The van der Waals surface area contributed by atoms with E-state index in [4.69, 9.17) is 4.42 Å². The Kier molecular flexibility index (Phi) is 6.16. The third-order valence-electron chi connectivity index (χ3n) is 6.58. The highest BCUT2D eigenvalue weighted by Crippen LogP contribution is 2.33. The molecule has 4 N–H and O–H groups in total. The summed E-state index contributed by atoms with van der Waals surface area (Å²) < 4.78 is 34.6. The number of aromatic amines is 1. The van der Waals surface area contributed by atoms with Crippen LogP contribution in [0.4, 0.5) is 0 Å². The van der Waals surface area contributed by atoms with Gasteiger partial charge >= 0.3 is 0 Å². The molecule has 0 spiro atoms. The number of amides is 1. The highest BCUT2D eigenvalue weighted by atomic mass is 32.2. The summed E-state index contributed by atoms with van der Waals surface area (Å²) in [5.41, 5.74) is 5.40. The lowest BCUT2D eigenvalue weighted by atomic mass is 9.96. The molecule has 0 aliphatic heterocycles. The summed E-state index contributed by atoms with van der Waals surface area (Å²) in [6, 6.07) is 11.6. The average molecular weight is 482 g/mol. The molecule has 1 atom stereocenters. The quantitative estimate of drug-likeness (QED) is 0.224. The first-order valence-electron chi connectivity index (χ1n) is 11.5. The summed E-state index contributed by atoms with van der Waals surface area (Å²) in [5.74, 6) is 0.135. The molecule has 1 aliphatic rings. The molecule has 4 aromatic rings. The van der Waals surface area contributed by atoms with Crippen LogP contribution in [0.3, 0.4) is 0 Å². The maximum atomic E-state index is 13.1. The molecule has 34 heavy (non-hydrogen) atoms. The molecular weight excluding hydrogens is 454 g/mol. The Labute approximate surface area is 197 Å². The van der Waals surface area contributed by atoms with Gasteiger partial charge in [-0.2, -0.15) is 4.72 Å². The lowest BCUT2D eigenvalue weighted by Crippen LogP contribution is -2.45. The summed E-state index contributed by atoms with van der Waals surface area (Å²) in [6.45, 7) is 0. The van der Waals surface area contributed by atoms with Crippen molar-refractivity contribution in [3.05, 3.63) is 65.5 Å². The number of fused-ring (bicyclic) bond motifs is 4. The first-order valence-corrected chi connectivity index (χ1v) is 13.0. The second-order valence-electron chi connectivity index (χ2n) is 8.77. The monoisotopic (exact) mass is 481 g/mol. The molecule has 0 fully saturated rings. The fourth-order valence-corrected chi connectivity index (χ4v) is 6.07. The zero-order valence-corrected chi connectivity index (χ0v) is 19.5. The maximum absolute atomic E-state index is 13.1. The molecule has 0 saturated carbocycles. The normalized spacial score (nSPS) is 14.9. The first kappa shape index (κ1) is 22.6. The molecule has 2 heterocycles. The van der Waals surface area contributed by atoms with Crippen molar-refractivity contribution in [2.75, 3.05) is 0 Å². The SMILES string of the molecule is O=C(NO)[C@@H](CCCc1c[nH]c2ccccc12)NS(=O)(=O)c1ccc2c3c(oc2c1)CCCC3. The number of carbonyl (C=O) groups excluding carboxylic acids is 1. The lowest BCUT2D eigenvalue weighted by molar-refractivity contribution is -0.131. The van der Waals surface area contributed by atoms with Gasteiger partial charge in [0.2, 0.25) is 10.0 Å². The van der Waals surface area contributed by atoms with Crippen molar-refractivity contribution in [2.24, 2.45) is 0 Å². The highest BCUT2D eigenvalue weighted by Gasteiger charge is 2.27. The second-order valence-corrected chi connectivity index (χ2v) is 10.5. The molecule has 0 bridgehead atoms. The van der Waals surface area contributed by atoms with Crippen LogP contribution in [0.2, 0.25) is 0 Å². The molecule has 8 nitrogen and oxygen atoms in total. The van der Waals surface area contributed by atoms with E-state index < -0.39 is 22.0 Å². The van der Waals surface area contributed by atoms with Gasteiger partial charge in [0.05, 0.1) is 4.90 Å². The topological polar surface area (TPSA) is 124 Å². The van der Waals surface area contributed by atoms with Crippen LogP contribution in [0.1, 0.15) is 42.6 Å². The smallest absolute Gasteiger partial charge is 0.261 e. The predicted octanol–water partition coefficient (Wildman–Crippen LogP) is 3.97. The number of benzene rings is 2. The van der Waals surface area contributed by atoms with Gasteiger partial charge in [0.1, 0.15) is 17.4 Å². The van der Waals surface area contributed by atoms with Gasteiger partial charge in [-0.25, -0.2) is 13.9 Å². The summed E-state index contributed by atoms with van der Waals surface area (Å²) >= 11 is 0. The number of hydroxylamine groups is 1. The molecule has 1 amide bonds. The lowest BCUT2D eigenvalue weighted by Gasteiger charge is -2.17. The van der Waals surface area contributed by atoms with Gasteiger partial charge in [-0.05, 0) is 62.3 Å². The number of hydrogen-bond acceptors (Lipinski definition) is 5. The van der Waals surface area contributed by atoms with Crippen LogP contribution in [0.5, 0.6) is 0 Å². The summed E-state index contributed by atoms with van der Waals surface area (Å²) in [6.07, 6.45) is 7.31. The number of aryl methyl sites for hydroxylation is 3. The van der Waals surface area contributed by atoms with Crippen LogP contribution in [0, 0.1) is 0 Å². The van der Waals surface area contributed by atoms with Crippen LogP contribution < -0.4 is 10.2 Å². The second kappa shape index (κ2) is 9.25. The van der Waals surface area contributed by atoms with E-state index in [1.54, 1.807) is 11.5 Å². The maximum Gasteiger partial charge on any atom is 0.261 e. The molecule has 0 unspecified atom stereocenters. The molecule has 2 aromatic heterocycles. The number of rotatable bonds is 8. The molecule has 1 aliphatic carbocycles. The van der Waals surface area contributed by atoms with Crippen molar-refractivity contribution < 1.29 is 22.8 Å². The van der Waals surface area contributed by atoms with E-state index in [2.05, 4.69) is 9.71 Å². The predicted molar refractivity (Wildman–Crippen MR) is 128 cm³/mol. The Balaban J connectivity index is 1.32. The van der Waals surface area contributed by atoms with Crippen LogP contribution in [0.25, 0.3) is 21.9 Å². The fraction of sp³-hybridized carbons (Fsp3) is 0.320. The Bertz CT molecular complexity index is 1450. The van der Waals surface area contributed by atoms with E-state index in [-0.39, 0.29) is 11.3 Å². The van der Waals surface area contributed by atoms with Crippen molar-refractivity contribution in [1.82, 2.24) is 15.2 Å². The zero-order chi connectivity index (χ0) is 23.7. The van der Waals surface area contributed by atoms with Crippen molar-refractivity contribution in [1.29, 1.82) is 0 Å². The standard InChI is InChI=1S/C25H27N3O5S/c29-25(27-30)22(10-5-6-16-15-26-21-9-3-1-7-18(16)21)28-34(31,32)17-12-13-20-19-8-2-4-11-23(19)33-24(20)14-17/h1,3,7,9,12-15,22,26,28,30H,2,4-6,8,10-11H2,(H,27,29)/t22-/m1/s1. The molecule has 9 heteroatoms. The Morgan fingerprint density at radius 1 is 1.12 bits per heavy atom. The number of hydrogen-bond donors (Lipinski definition) is 4. The van der Waals surface area contributed by atoms with Crippen LogP contribution in [0.15, 0.2) is 58.0 Å². The van der Waals surface area contributed by atoms with E-state index in [1.165, 1.54) is 12.1 Å². The minimum absolute atomic E-state index is 0.0264. The van der Waals surface area contributed by atoms with Gasteiger partial charge in [-0.15, -0.1) is 0 Å². The number of nitrogens with one attached hydrogen (secondary N) is 3. The summed E-state index contributed by atoms with van der Waals surface area (Å²) in [7, 11) is -4.01. The van der Waals surface area contributed by atoms with Gasteiger partial charge in [-0.3, -0.25) is 10.0 Å². The van der Waals surface area contributed by atoms with Crippen molar-refractivity contribution in [2.45, 2.75) is 55.9 Å². The van der Waals surface area contributed by atoms with Crippen LogP contribution in [-0.2, 0) is 34.1 Å². The minimum atomic E-state index is -4.01. The van der Waals surface area contributed by atoms with Gasteiger partial charge in [0.15, 0.2) is 0 Å². The van der Waals surface area contributed by atoms with Gasteiger partial charge in [0.25, 0.3) is 5.91 Å². The Morgan fingerprint density at radius 2 is 1.94 bits per heavy atom. The Hall–Kier alpha value is -3.14. The molecule has 5 rings (SSSR count). The molecule has 178 valence electrons. The molecule has 2 aromatic carbocycles. The number of carbonyl (C=O) groups is 1. The number of aromatic nitrogens is 1. The average Bonchev–Trinajstić information content (AvgIpc) is 3.43. The number of sulfonamides is 1. The molecule has 0 radical (unpaired) electrons. The van der Waals surface area contributed by atoms with Crippen molar-refractivity contribution >= 4 is 37.8 Å². The largest absolute Gasteiger partial charge is 0.461 e. The van der Waals surface area contributed by atoms with Gasteiger partial charge < -0.3 is 9.40 Å². The zero-order valence-electron chi connectivity index (χ0n) is 18.6. The molecule has 0 saturated heterocycles. The number of furan rings is 1. The third kappa shape index (κ3) is 4.34. The van der Waals surface area contributed by atoms with Crippen molar-refractivity contribution in [3.8, 4) is 0 Å². The fourth-order valence-electron chi connectivity index (χ4n) is 4.82. The summed E-state index contributed by atoms with van der Waals surface area (Å²) in [4.78, 5) is 15.5. The van der Waals surface area contributed by atoms with Gasteiger partial charge in [-0.1, -0.05) is 18.2 Å². The van der Waals surface area contributed by atoms with Crippen molar-refractivity contribution in [3.63, 3.8) is 0 Å². The van der Waals surface area contributed by atoms with E-state index >= 15 is 0 Å². The first-order chi connectivity index (χ1) is 16.5. The van der Waals surface area contributed by atoms with E-state index in [9.17, 15) is 18.4 Å². The minimum Gasteiger partial charge on any atom is -0.461 e. The van der Waals surface area contributed by atoms with E-state index in [1.807, 2.05) is 30.5 Å². The third-order valence-corrected chi connectivity index (χ3v) is 8.05. The molecular formula is C25H27N3O5S. The highest BCUT2D eigenvalue weighted by molar-refractivity contribution is 7.89. The van der Waals surface area contributed by atoms with Gasteiger partial charge in [0, 0.05) is 40.5 Å². The van der Waals surface area contributed by atoms with E-state index in [0.717, 1.165) is 58.9 Å². The van der Waals surface area contributed by atoms with Crippen LogP contribution in [-0.4, -0.2) is 30.6 Å². The summed E-state index contributed by atoms with van der Waals surface area (Å²) in [5, 5.41) is 11.2. The number of H-pyrrole nitrogens is 1. The van der Waals surface area contributed by atoms with Crippen LogP contribution >= 0.6 is 0 Å². The Morgan fingerprint density at radius 3 is 2.79 bits per heavy atom. The number of para-hydroxylation sites is 1.